The Morgan fingerprint density at radius 1 is 0.862 bits per heavy atom. The number of piperazine rings is 1. The summed E-state index contributed by atoms with van der Waals surface area (Å²) in [6.07, 6.45) is 0. The van der Waals surface area contributed by atoms with Gasteiger partial charge in [-0.05, 0) is 36.4 Å². The summed E-state index contributed by atoms with van der Waals surface area (Å²) < 4.78 is 15.8. The van der Waals surface area contributed by atoms with E-state index in [0.717, 1.165) is 38.5 Å². The molecule has 7 heteroatoms. The zero-order chi connectivity index (χ0) is 20.6. The molecule has 0 aromatic heterocycles. The number of ether oxygens (including phenoxy) is 3. The predicted molar refractivity (Wildman–Crippen MR) is 111 cm³/mol. The predicted octanol–water partition coefficient (Wildman–Crippen LogP) is -0.365. The van der Waals surface area contributed by atoms with E-state index >= 15 is 0 Å². The Bertz CT molecular complexity index is 802. The first-order chi connectivity index (χ1) is 14.1. The molecule has 0 saturated carbocycles. The lowest BCUT2D eigenvalue weighted by atomic mass is 10.2. The number of amides is 1. The summed E-state index contributed by atoms with van der Waals surface area (Å²) in [4.78, 5) is 15.4. The number of nitrogens with one attached hydrogen (secondary N) is 3. The Morgan fingerprint density at radius 2 is 1.48 bits per heavy atom. The van der Waals surface area contributed by atoms with E-state index in [1.54, 1.807) is 38.4 Å². The number of quaternary nitrogens is 2. The molecule has 0 radical (unpaired) electrons. The molecular formula is C22H31N3O4+2. The van der Waals surface area contributed by atoms with Crippen LogP contribution in [0.25, 0.3) is 0 Å². The zero-order valence-electron chi connectivity index (χ0n) is 17.4. The SMILES string of the molecule is COc1ccc(C[NH+]2CC[NH+](CC(=O)Nc3cc(OC)ccc3OC)CC2)cc1. The lowest BCUT2D eigenvalue weighted by Gasteiger charge is -2.29. The van der Waals surface area contributed by atoms with Crippen molar-refractivity contribution in [2.75, 3.05) is 59.4 Å². The molecule has 2 aromatic carbocycles. The smallest absolute Gasteiger partial charge is 0.279 e. The second-order valence-corrected chi connectivity index (χ2v) is 7.32. The average molecular weight is 402 g/mol. The van der Waals surface area contributed by atoms with Gasteiger partial charge in [-0.15, -0.1) is 0 Å². The molecule has 156 valence electrons. The number of anilines is 1. The molecule has 1 heterocycles. The highest BCUT2D eigenvalue weighted by Crippen LogP contribution is 2.28. The van der Waals surface area contributed by atoms with Gasteiger partial charge in [0, 0.05) is 11.6 Å². The van der Waals surface area contributed by atoms with Crippen molar-refractivity contribution in [2.24, 2.45) is 0 Å². The van der Waals surface area contributed by atoms with Crippen LogP contribution in [0.2, 0.25) is 0 Å². The van der Waals surface area contributed by atoms with Crippen LogP contribution in [0.3, 0.4) is 0 Å². The third-order valence-electron chi connectivity index (χ3n) is 5.37. The Hall–Kier alpha value is -2.77. The maximum absolute atomic E-state index is 12.5. The van der Waals surface area contributed by atoms with E-state index in [4.69, 9.17) is 14.2 Å². The summed E-state index contributed by atoms with van der Waals surface area (Å²) in [6, 6.07) is 13.6. The van der Waals surface area contributed by atoms with Crippen LogP contribution in [0, 0.1) is 0 Å². The number of methoxy groups -OCH3 is 3. The zero-order valence-corrected chi connectivity index (χ0v) is 17.4. The minimum Gasteiger partial charge on any atom is -0.497 e. The Morgan fingerprint density at radius 3 is 2.10 bits per heavy atom. The van der Waals surface area contributed by atoms with Gasteiger partial charge in [-0.2, -0.15) is 0 Å². The highest BCUT2D eigenvalue weighted by Gasteiger charge is 2.25. The number of carbonyl (C=O) groups excluding carboxylic acids is 1. The molecule has 1 saturated heterocycles. The van der Waals surface area contributed by atoms with Gasteiger partial charge in [0.15, 0.2) is 6.54 Å². The van der Waals surface area contributed by atoms with Gasteiger partial charge in [0.05, 0.1) is 27.0 Å². The van der Waals surface area contributed by atoms with Crippen molar-refractivity contribution < 1.29 is 28.8 Å². The van der Waals surface area contributed by atoms with Crippen molar-refractivity contribution in [3.05, 3.63) is 48.0 Å². The van der Waals surface area contributed by atoms with Gasteiger partial charge in [-0.1, -0.05) is 0 Å². The van der Waals surface area contributed by atoms with Crippen LogP contribution in [-0.4, -0.2) is 60.0 Å². The van der Waals surface area contributed by atoms with Crippen LogP contribution in [0.1, 0.15) is 5.56 Å². The number of hydrogen-bond acceptors (Lipinski definition) is 4. The summed E-state index contributed by atoms with van der Waals surface area (Å²) in [7, 11) is 4.88. The maximum atomic E-state index is 12.5. The van der Waals surface area contributed by atoms with Crippen LogP contribution in [0.15, 0.2) is 42.5 Å². The van der Waals surface area contributed by atoms with Crippen molar-refractivity contribution in [3.8, 4) is 17.2 Å². The first-order valence-corrected chi connectivity index (χ1v) is 9.93. The average Bonchev–Trinajstić information content (AvgIpc) is 2.75. The quantitative estimate of drug-likeness (QED) is 0.565. The first-order valence-electron chi connectivity index (χ1n) is 9.93. The molecule has 0 unspecified atom stereocenters. The standard InChI is InChI=1S/C22H29N3O4/c1-27-18-6-4-17(5-7-18)15-24-10-12-25(13-11-24)16-22(26)23-20-14-19(28-2)8-9-21(20)29-3/h4-9,14H,10-13,15-16H2,1-3H3,(H,23,26)/p+2. The molecule has 0 atom stereocenters. The Labute approximate surface area is 172 Å². The fourth-order valence-electron chi connectivity index (χ4n) is 3.68. The molecule has 1 aliphatic rings. The van der Waals surface area contributed by atoms with Gasteiger partial charge in [0.2, 0.25) is 0 Å². The number of rotatable bonds is 8. The molecule has 2 aromatic rings. The van der Waals surface area contributed by atoms with E-state index in [2.05, 4.69) is 17.4 Å². The van der Waals surface area contributed by atoms with Crippen molar-refractivity contribution >= 4 is 11.6 Å². The van der Waals surface area contributed by atoms with Crippen LogP contribution in [-0.2, 0) is 11.3 Å². The van der Waals surface area contributed by atoms with Crippen molar-refractivity contribution in [1.29, 1.82) is 0 Å². The van der Waals surface area contributed by atoms with E-state index in [1.165, 1.54) is 10.5 Å². The van der Waals surface area contributed by atoms with Gasteiger partial charge in [0.1, 0.15) is 50.0 Å². The van der Waals surface area contributed by atoms with E-state index in [9.17, 15) is 4.79 Å². The Kier molecular flexibility index (Phi) is 7.32. The van der Waals surface area contributed by atoms with Crippen LogP contribution in [0.4, 0.5) is 5.69 Å². The monoisotopic (exact) mass is 401 g/mol. The lowest BCUT2D eigenvalue weighted by molar-refractivity contribution is -1.02. The fraction of sp³-hybridized carbons (Fsp3) is 0.409. The maximum Gasteiger partial charge on any atom is 0.279 e. The van der Waals surface area contributed by atoms with Crippen LogP contribution in [0.5, 0.6) is 17.2 Å². The van der Waals surface area contributed by atoms with Gasteiger partial charge in [0.25, 0.3) is 5.91 Å². The first kappa shape index (κ1) is 21.0. The number of benzene rings is 2. The molecule has 0 bridgehead atoms. The number of carbonyl (C=O) groups is 1. The molecule has 1 amide bonds. The summed E-state index contributed by atoms with van der Waals surface area (Å²) in [5, 5.41) is 2.96. The topological polar surface area (TPSA) is 65.7 Å². The summed E-state index contributed by atoms with van der Waals surface area (Å²) >= 11 is 0. The van der Waals surface area contributed by atoms with Crippen LogP contribution < -0.4 is 29.3 Å². The summed E-state index contributed by atoms with van der Waals surface area (Å²) in [5.74, 6) is 2.19. The highest BCUT2D eigenvalue weighted by atomic mass is 16.5. The second kappa shape index (κ2) is 10.1. The number of hydrogen-bond donors (Lipinski definition) is 3. The third kappa shape index (κ3) is 5.85. The molecule has 1 aliphatic heterocycles. The van der Waals surface area contributed by atoms with E-state index < -0.39 is 0 Å². The lowest BCUT2D eigenvalue weighted by Crippen LogP contribution is -3.28. The molecule has 7 nitrogen and oxygen atoms in total. The molecule has 1 fully saturated rings. The van der Waals surface area contributed by atoms with Gasteiger partial charge >= 0.3 is 0 Å². The third-order valence-corrected chi connectivity index (χ3v) is 5.37. The molecule has 29 heavy (non-hydrogen) atoms. The van der Waals surface area contributed by atoms with Gasteiger partial charge in [-0.3, -0.25) is 4.79 Å². The van der Waals surface area contributed by atoms with Gasteiger partial charge in [-0.25, -0.2) is 0 Å². The molecule has 3 N–H and O–H groups in total. The second-order valence-electron chi connectivity index (χ2n) is 7.32. The molecule has 3 rings (SSSR count). The van der Waals surface area contributed by atoms with E-state index in [0.29, 0.717) is 23.7 Å². The highest BCUT2D eigenvalue weighted by molar-refractivity contribution is 5.93. The minimum absolute atomic E-state index is 0.00911. The van der Waals surface area contributed by atoms with Crippen LogP contribution >= 0.6 is 0 Å². The van der Waals surface area contributed by atoms with Gasteiger partial charge < -0.3 is 29.3 Å². The molecular weight excluding hydrogens is 370 g/mol. The fourth-order valence-corrected chi connectivity index (χ4v) is 3.68. The molecule has 0 spiro atoms. The summed E-state index contributed by atoms with van der Waals surface area (Å²) in [6.45, 7) is 5.53. The summed E-state index contributed by atoms with van der Waals surface area (Å²) in [5.41, 5.74) is 1.95. The van der Waals surface area contributed by atoms with Crippen molar-refractivity contribution in [3.63, 3.8) is 0 Å². The normalized spacial score (nSPS) is 18.7. The van der Waals surface area contributed by atoms with Crippen molar-refractivity contribution in [1.82, 2.24) is 0 Å². The Balaban J connectivity index is 1.47. The molecule has 0 aliphatic carbocycles. The minimum atomic E-state index is -0.00911. The van der Waals surface area contributed by atoms with E-state index in [1.807, 2.05) is 18.2 Å². The largest absolute Gasteiger partial charge is 0.497 e. The van der Waals surface area contributed by atoms with E-state index in [-0.39, 0.29) is 5.91 Å². The van der Waals surface area contributed by atoms with Crippen molar-refractivity contribution in [2.45, 2.75) is 6.54 Å².